The van der Waals surface area contributed by atoms with Crippen LogP contribution in [0.25, 0.3) is 6.08 Å². The third kappa shape index (κ3) is 14.8. The van der Waals surface area contributed by atoms with Crippen molar-refractivity contribution in [3.05, 3.63) is 34.6 Å². The van der Waals surface area contributed by atoms with E-state index in [1.54, 1.807) is 0 Å². The predicted octanol–water partition coefficient (Wildman–Crippen LogP) is 10.7. The largest absolute Gasteiger partial charge is 0.507 e. The van der Waals surface area contributed by atoms with Crippen molar-refractivity contribution in [1.29, 1.82) is 0 Å². The van der Waals surface area contributed by atoms with E-state index in [2.05, 4.69) is 6.92 Å². The maximum absolute atomic E-state index is 12.3. The van der Waals surface area contributed by atoms with Gasteiger partial charge in [-0.1, -0.05) is 145 Å². The lowest BCUT2D eigenvalue weighted by atomic mass is 9.78. The summed E-state index contributed by atoms with van der Waals surface area (Å²) in [5, 5.41) is 21.3. The van der Waals surface area contributed by atoms with Gasteiger partial charge in [0.2, 0.25) is 5.76 Å². The van der Waals surface area contributed by atoms with Crippen LogP contribution in [0, 0.1) is 0 Å². The highest BCUT2D eigenvalue weighted by molar-refractivity contribution is 5.91. The van der Waals surface area contributed by atoms with Crippen LogP contribution in [0.4, 0.5) is 0 Å². The zero-order valence-electron chi connectivity index (χ0n) is 26.5. The van der Waals surface area contributed by atoms with Crippen LogP contribution in [0.15, 0.2) is 17.9 Å². The molecular formula is C35H60O4. The molecule has 0 fully saturated rings. The van der Waals surface area contributed by atoms with E-state index in [0.717, 1.165) is 30.4 Å². The van der Waals surface area contributed by atoms with Gasteiger partial charge in [-0.2, -0.15) is 0 Å². The molecule has 0 aromatic heterocycles. The second kappa shape index (κ2) is 18.4. The minimum atomic E-state index is -0.696. The van der Waals surface area contributed by atoms with Crippen LogP contribution in [-0.2, 0) is 20.4 Å². The van der Waals surface area contributed by atoms with Gasteiger partial charge in [0.1, 0.15) is 5.75 Å². The number of rotatable bonds is 19. The van der Waals surface area contributed by atoms with Gasteiger partial charge in [-0.3, -0.25) is 0 Å². The molecule has 0 radical (unpaired) electrons. The lowest BCUT2D eigenvalue weighted by Gasteiger charge is -2.27. The second-order valence-corrected chi connectivity index (χ2v) is 13.4. The molecule has 224 valence electrons. The zero-order chi connectivity index (χ0) is 29.3. The summed E-state index contributed by atoms with van der Waals surface area (Å²) in [6.07, 6.45) is 22.2. The Morgan fingerprint density at radius 2 is 1.05 bits per heavy atom. The molecule has 0 bridgehead atoms. The van der Waals surface area contributed by atoms with Crippen molar-refractivity contribution in [2.75, 3.05) is 6.61 Å². The van der Waals surface area contributed by atoms with Crippen molar-refractivity contribution in [2.24, 2.45) is 0 Å². The highest BCUT2D eigenvalue weighted by Crippen LogP contribution is 2.40. The van der Waals surface area contributed by atoms with Gasteiger partial charge in [0, 0.05) is 11.1 Å². The highest BCUT2D eigenvalue weighted by Gasteiger charge is 2.26. The minimum Gasteiger partial charge on any atom is -0.507 e. The van der Waals surface area contributed by atoms with Crippen molar-refractivity contribution < 1.29 is 19.7 Å². The first-order valence-electron chi connectivity index (χ1n) is 15.8. The number of aliphatic hydroxyl groups excluding tert-OH is 1. The van der Waals surface area contributed by atoms with Crippen molar-refractivity contribution in [3.63, 3.8) is 0 Å². The third-order valence-corrected chi connectivity index (χ3v) is 7.49. The van der Waals surface area contributed by atoms with E-state index in [9.17, 15) is 15.0 Å². The molecule has 0 aliphatic rings. The Labute approximate surface area is 240 Å². The van der Waals surface area contributed by atoms with Crippen LogP contribution in [0.3, 0.4) is 0 Å². The van der Waals surface area contributed by atoms with Gasteiger partial charge >= 0.3 is 5.97 Å². The molecule has 0 saturated carbocycles. The molecule has 0 aliphatic heterocycles. The van der Waals surface area contributed by atoms with Crippen LogP contribution in [0.5, 0.6) is 5.75 Å². The van der Waals surface area contributed by atoms with Gasteiger partial charge < -0.3 is 14.9 Å². The monoisotopic (exact) mass is 544 g/mol. The van der Waals surface area contributed by atoms with E-state index in [0.29, 0.717) is 12.2 Å². The number of carbonyl (C=O) groups excluding carboxylic acids is 1. The molecular weight excluding hydrogens is 484 g/mol. The summed E-state index contributed by atoms with van der Waals surface area (Å²) < 4.78 is 5.31. The topological polar surface area (TPSA) is 66.8 Å². The number of aliphatic hydroxyl groups is 1. The molecule has 0 amide bonds. The van der Waals surface area contributed by atoms with E-state index in [-0.39, 0.29) is 16.6 Å². The lowest BCUT2D eigenvalue weighted by molar-refractivity contribution is -0.142. The predicted molar refractivity (Wildman–Crippen MR) is 167 cm³/mol. The Hall–Kier alpha value is -1.97. The number of ether oxygens (including phenoxy) is 1. The number of aromatic hydroxyl groups is 1. The number of carbonyl (C=O) groups is 1. The smallest absolute Gasteiger partial charge is 0.373 e. The summed E-state index contributed by atoms with van der Waals surface area (Å²) in [5.41, 5.74) is 1.69. The van der Waals surface area contributed by atoms with Gasteiger partial charge in [0.25, 0.3) is 0 Å². The lowest BCUT2D eigenvalue weighted by Crippen LogP contribution is -2.17. The minimum absolute atomic E-state index is 0.276. The van der Waals surface area contributed by atoms with Crippen molar-refractivity contribution >= 4 is 12.0 Å². The Morgan fingerprint density at radius 3 is 1.41 bits per heavy atom. The average Bonchev–Trinajstić information content (AvgIpc) is 2.85. The van der Waals surface area contributed by atoms with E-state index < -0.39 is 11.7 Å². The normalized spacial score (nSPS) is 12.6. The fourth-order valence-corrected chi connectivity index (χ4v) is 4.99. The molecule has 0 atom stereocenters. The van der Waals surface area contributed by atoms with E-state index in [1.807, 2.05) is 53.7 Å². The van der Waals surface area contributed by atoms with Crippen LogP contribution < -0.4 is 0 Å². The van der Waals surface area contributed by atoms with E-state index >= 15 is 0 Å². The number of hydrogen-bond donors (Lipinski definition) is 2. The number of benzene rings is 1. The van der Waals surface area contributed by atoms with Gasteiger partial charge in [-0.25, -0.2) is 4.79 Å². The Kier molecular flexibility index (Phi) is 16.5. The first kappa shape index (κ1) is 35.1. The Bertz CT molecular complexity index is 819. The number of phenolic OH excluding ortho intramolecular Hbond substituents is 1. The second-order valence-electron chi connectivity index (χ2n) is 13.4. The summed E-state index contributed by atoms with van der Waals surface area (Å²) in [7, 11) is 0. The molecule has 0 heterocycles. The quantitative estimate of drug-likeness (QED) is 0.0786. The molecule has 1 aromatic carbocycles. The molecule has 0 spiro atoms. The fraction of sp³-hybridized carbons (Fsp3) is 0.743. The summed E-state index contributed by atoms with van der Waals surface area (Å²) in [4.78, 5) is 12.3. The summed E-state index contributed by atoms with van der Waals surface area (Å²) >= 11 is 0. The first-order chi connectivity index (χ1) is 18.4. The Morgan fingerprint density at radius 1 is 0.692 bits per heavy atom. The van der Waals surface area contributed by atoms with Crippen molar-refractivity contribution in [1.82, 2.24) is 0 Å². The maximum Gasteiger partial charge on any atom is 0.373 e. The third-order valence-electron chi connectivity index (χ3n) is 7.49. The van der Waals surface area contributed by atoms with Gasteiger partial charge in [0.05, 0.1) is 6.61 Å². The average molecular weight is 545 g/mol. The summed E-state index contributed by atoms with van der Waals surface area (Å²) in [5.74, 6) is -0.826. The highest BCUT2D eigenvalue weighted by atomic mass is 16.5. The number of esters is 1. The first-order valence-corrected chi connectivity index (χ1v) is 15.8. The Balaban J connectivity index is 2.28. The van der Waals surface area contributed by atoms with E-state index in [1.165, 1.54) is 89.5 Å². The van der Waals surface area contributed by atoms with Crippen LogP contribution in [-0.4, -0.2) is 22.8 Å². The molecule has 1 rings (SSSR count). The fourth-order valence-electron chi connectivity index (χ4n) is 4.99. The number of phenols is 1. The SMILES string of the molecule is CCCCCCCCCCCCCCCCCCOC(=O)C(O)=Cc1cc(C(C)(C)C)c(O)c(C(C)(C)C)c1. The van der Waals surface area contributed by atoms with Crippen LogP contribution in [0.2, 0.25) is 0 Å². The molecule has 0 saturated heterocycles. The summed E-state index contributed by atoms with van der Waals surface area (Å²) in [6.45, 7) is 14.8. The number of hydrogen-bond acceptors (Lipinski definition) is 4. The zero-order valence-corrected chi connectivity index (χ0v) is 26.5. The van der Waals surface area contributed by atoms with Crippen molar-refractivity contribution in [2.45, 2.75) is 162 Å². The van der Waals surface area contributed by atoms with Gasteiger partial charge in [-0.05, 0) is 41.0 Å². The van der Waals surface area contributed by atoms with E-state index in [4.69, 9.17) is 4.74 Å². The van der Waals surface area contributed by atoms with Crippen molar-refractivity contribution in [3.8, 4) is 5.75 Å². The maximum atomic E-state index is 12.3. The van der Waals surface area contributed by atoms with Gasteiger partial charge in [0.15, 0.2) is 0 Å². The van der Waals surface area contributed by atoms with Crippen LogP contribution in [0.1, 0.15) is 168 Å². The molecule has 4 nitrogen and oxygen atoms in total. The molecule has 1 aromatic rings. The molecule has 39 heavy (non-hydrogen) atoms. The molecule has 0 unspecified atom stereocenters. The van der Waals surface area contributed by atoms with Crippen LogP contribution >= 0.6 is 0 Å². The number of unbranched alkanes of at least 4 members (excludes halogenated alkanes) is 15. The standard InChI is InChI=1S/C35H60O4/c1-8-9-10-11-12-13-14-15-16-17-18-19-20-21-22-23-24-39-33(38)31(36)27-28-25-29(34(2,3)4)32(37)30(26-28)35(5,6)7/h25-27,36-37H,8-24H2,1-7H3. The van der Waals surface area contributed by atoms with Gasteiger partial charge in [-0.15, -0.1) is 0 Å². The molecule has 2 N–H and O–H groups in total. The molecule has 0 aliphatic carbocycles. The molecule has 4 heteroatoms. The summed E-state index contributed by atoms with van der Waals surface area (Å²) in [6, 6.07) is 3.67.